The van der Waals surface area contributed by atoms with Crippen LogP contribution in [0.25, 0.3) is 11.3 Å². The second-order valence-electron chi connectivity index (χ2n) is 9.68. The van der Waals surface area contributed by atoms with Gasteiger partial charge in [-0.15, -0.1) is 0 Å². The van der Waals surface area contributed by atoms with E-state index in [-0.39, 0.29) is 18.4 Å². The molecule has 204 valence electrons. The van der Waals surface area contributed by atoms with Gasteiger partial charge in [-0.3, -0.25) is 13.9 Å². The molecule has 10 heteroatoms. The van der Waals surface area contributed by atoms with Gasteiger partial charge in [-0.1, -0.05) is 54.6 Å². The molecule has 0 unspecified atom stereocenters. The Bertz CT molecular complexity index is 1500. The second-order valence-corrected chi connectivity index (χ2v) is 11.6. The highest BCUT2D eigenvalue weighted by atomic mass is 32.2. The van der Waals surface area contributed by atoms with Gasteiger partial charge in [0.2, 0.25) is 15.9 Å². The Morgan fingerprint density at radius 1 is 0.897 bits per heavy atom. The zero-order valence-electron chi connectivity index (χ0n) is 22.5. The van der Waals surface area contributed by atoms with Gasteiger partial charge in [-0.25, -0.2) is 8.42 Å². The molecule has 0 fully saturated rings. The molecule has 0 atom stereocenters. The summed E-state index contributed by atoms with van der Waals surface area (Å²) in [5.74, 6) is -0.546. The molecule has 2 amide bonds. The topological polar surface area (TPSA) is 102 Å². The molecule has 0 radical (unpaired) electrons. The number of rotatable bonds is 10. The predicted octanol–water partition coefficient (Wildman–Crippen LogP) is 3.41. The zero-order chi connectivity index (χ0) is 28.2. The monoisotopic (exact) mass is 547 g/mol. The van der Waals surface area contributed by atoms with Crippen LogP contribution < -0.4 is 14.9 Å². The third-order valence-corrected chi connectivity index (χ3v) is 7.52. The van der Waals surface area contributed by atoms with Gasteiger partial charge in [0.25, 0.3) is 5.91 Å². The van der Waals surface area contributed by atoms with E-state index in [9.17, 15) is 18.0 Å². The minimum Gasteiger partial charge on any atom is -0.354 e. The van der Waals surface area contributed by atoms with E-state index in [0.29, 0.717) is 35.7 Å². The van der Waals surface area contributed by atoms with Crippen LogP contribution in [0.3, 0.4) is 0 Å². The summed E-state index contributed by atoms with van der Waals surface area (Å²) in [6.45, 7) is 0.811. The van der Waals surface area contributed by atoms with Crippen molar-refractivity contribution in [1.82, 2.24) is 9.80 Å². The molecule has 9 nitrogen and oxygen atoms in total. The van der Waals surface area contributed by atoms with Gasteiger partial charge in [0.1, 0.15) is 6.54 Å². The summed E-state index contributed by atoms with van der Waals surface area (Å²) in [6, 6.07) is 23.7. The van der Waals surface area contributed by atoms with E-state index in [4.69, 9.17) is 0 Å². The molecular formula is C29H33N5O4S. The summed E-state index contributed by atoms with van der Waals surface area (Å²) in [5.41, 5.74) is 4.27. The summed E-state index contributed by atoms with van der Waals surface area (Å²) in [4.78, 5) is 29.5. The lowest BCUT2D eigenvalue weighted by Gasteiger charge is -2.26. The van der Waals surface area contributed by atoms with Crippen LogP contribution in [-0.4, -0.2) is 77.1 Å². The van der Waals surface area contributed by atoms with Gasteiger partial charge < -0.3 is 20.4 Å². The number of nitrogens with zero attached hydrogens (tertiary/aromatic N) is 3. The van der Waals surface area contributed by atoms with Gasteiger partial charge in [-0.2, -0.15) is 0 Å². The third kappa shape index (κ3) is 6.65. The minimum atomic E-state index is -3.77. The highest BCUT2D eigenvalue weighted by Crippen LogP contribution is 2.37. The van der Waals surface area contributed by atoms with Crippen molar-refractivity contribution in [3.05, 3.63) is 90.0 Å². The zero-order valence-corrected chi connectivity index (χ0v) is 23.3. The lowest BCUT2D eigenvalue weighted by atomic mass is 10.00. The first-order valence-corrected chi connectivity index (χ1v) is 14.3. The molecular weight excluding hydrogens is 514 g/mol. The van der Waals surface area contributed by atoms with Crippen LogP contribution in [0.4, 0.5) is 17.1 Å². The van der Waals surface area contributed by atoms with E-state index in [1.165, 1.54) is 4.90 Å². The number of benzene rings is 3. The molecule has 3 aromatic carbocycles. The minimum absolute atomic E-state index is 0.233. The molecule has 0 saturated carbocycles. The van der Waals surface area contributed by atoms with E-state index in [0.717, 1.165) is 27.4 Å². The molecule has 2 N–H and O–H groups in total. The number of nitrogens with one attached hydrogen (secondary N) is 2. The maximum Gasteiger partial charge on any atom is 0.258 e. The Labute approximate surface area is 229 Å². The fourth-order valence-electron chi connectivity index (χ4n) is 4.25. The van der Waals surface area contributed by atoms with Crippen LogP contribution in [-0.2, 0) is 19.6 Å². The van der Waals surface area contributed by atoms with Crippen molar-refractivity contribution in [3.63, 3.8) is 0 Å². The fraction of sp³-hybridized carbons (Fsp3) is 0.241. The number of carbonyl (C=O) groups excluding carboxylic acids is 2. The van der Waals surface area contributed by atoms with Crippen LogP contribution in [0.2, 0.25) is 0 Å². The Balaban J connectivity index is 1.70. The van der Waals surface area contributed by atoms with Crippen molar-refractivity contribution in [2.24, 2.45) is 0 Å². The fourth-order valence-corrected chi connectivity index (χ4v) is 5.09. The number of carbonyl (C=O) groups is 2. The van der Waals surface area contributed by atoms with E-state index in [2.05, 4.69) is 10.6 Å². The number of hydrogen-bond donors (Lipinski definition) is 2. The smallest absolute Gasteiger partial charge is 0.258 e. The molecule has 1 aliphatic heterocycles. The number of hydrogen-bond acceptors (Lipinski definition) is 6. The Morgan fingerprint density at radius 3 is 2.28 bits per heavy atom. The maximum atomic E-state index is 13.1. The number of fused-ring (bicyclic) bond motifs is 1. The first kappa shape index (κ1) is 27.9. The molecule has 0 aliphatic carbocycles. The van der Waals surface area contributed by atoms with Crippen molar-refractivity contribution in [1.29, 1.82) is 0 Å². The number of para-hydroxylation sites is 1. The van der Waals surface area contributed by atoms with Crippen LogP contribution >= 0.6 is 0 Å². The molecule has 1 heterocycles. The van der Waals surface area contributed by atoms with Crippen molar-refractivity contribution in [2.75, 3.05) is 62.0 Å². The quantitative estimate of drug-likeness (QED) is 0.377. The van der Waals surface area contributed by atoms with Crippen LogP contribution in [0, 0.1) is 0 Å². The summed E-state index contributed by atoms with van der Waals surface area (Å²) in [7, 11) is 1.71. The average Bonchev–Trinajstić information content (AvgIpc) is 3.24. The Kier molecular flexibility index (Phi) is 8.37. The van der Waals surface area contributed by atoms with Crippen molar-refractivity contribution in [2.45, 2.75) is 0 Å². The lowest BCUT2D eigenvalue weighted by Crippen LogP contribution is -2.43. The van der Waals surface area contributed by atoms with Gasteiger partial charge in [0.05, 0.1) is 23.2 Å². The van der Waals surface area contributed by atoms with E-state index < -0.39 is 10.0 Å². The Hall–Kier alpha value is -4.15. The molecule has 0 aromatic heterocycles. The molecule has 1 aliphatic rings. The highest BCUT2D eigenvalue weighted by molar-refractivity contribution is 7.92. The first-order valence-electron chi connectivity index (χ1n) is 12.5. The normalized spacial score (nSPS) is 14.0. The van der Waals surface area contributed by atoms with E-state index >= 15 is 0 Å². The first-order chi connectivity index (χ1) is 18.5. The number of likely N-dealkylation sites (N-methyl/N-ethyl adjacent to an activating group) is 2. The SMILES string of the molecule is CN(C)CCN(C)C(=O)CN(c1cccc(NC(=C2C(=O)Nc3ccccc32)c2ccccc2)c1)S(C)(=O)=O. The van der Waals surface area contributed by atoms with Gasteiger partial charge in [-0.05, 0) is 43.9 Å². The summed E-state index contributed by atoms with van der Waals surface area (Å²) in [5, 5.41) is 6.27. The largest absolute Gasteiger partial charge is 0.354 e. The van der Waals surface area contributed by atoms with Crippen LogP contribution in [0.1, 0.15) is 11.1 Å². The van der Waals surface area contributed by atoms with Crippen molar-refractivity contribution >= 4 is 50.2 Å². The van der Waals surface area contributed by atoms with Gasteiger partial charge in [0, 0.05) is 37.1 Å². The average molecular weight is 548 g/mol. The molecule has 4 rings (SSSR count). The lowest BCUT2D eigenvalue weighted by molar-refractivity contribution is -0.128. The molecule has 0 saturated heterocycles. The maximum absolute atomic E-state index is 13.1. The van der Waals surface area contributed by atoms with Gasteiger partial charge >= 0.3 is 0 Å². The summed E-state index contributed by atoms with van der Waals surface area (Å²) < 4.78 is 26.6. The van der Waals surface area contributed by atoms with Crippen LogP contribution in [0.15, 0.2) is 78.9 Å². The van der Waals surface area contributed by atoms with Crippen LogP contribution in [0.5, 0.6) is 0 Å². The third-order valence-electron chi connectivity index (χ3n) is 6.38. The summed E-state index contributed by atoms with van der Waals surface area (Å²) in [6.07, 6.45) is 1.08. The number of anilines is 3. The standard InChI is InChI=1S/C29H33N5O4S/c1-32(2)17-18-33(3)26(35)20-34(39(4,37)38)23-14-10-13-22(19-23)30-28(21-11-6-5-7-12-21)27-24-15-8-9-16-25(24)31-29(27)36/h5-16,19,30H,17-18,20H2,1-4H3,(H,31,36). The molecule has 0 spiro atoms. The van der Waals surface area contributed by atoms with E-state index in [1.807, 2.05) is 73.6 Å². The number of amides is 2. The predicted molar refractivity (Wildman–Crippen MR) is 157 cm³/mol. The molecule has 3 aromatic rings. The van der Waals surface area contributed by atoms with E-state index in [1.54, 1.807) is 31.3 Å². The molecule has 0 bridgehead atoms. The highest BCUT2D eigenvalue weighted by Gasteiger charge is 2.28. The van der Waals surface area contributed by atoms with Crippen molar-refractivity contribution < 1.29 is 18.0 Å². The number of sulfonamides is 1. The summed E-state index contributed by atoms with van der Waals surface area (Å²) >= 11 is 0. The molecule has 39 heavy (non-hydrogen) atoms. The van der Waals surface area contributed by atoms with Crippen molar-refractivity contribution in [3.8, 4) is 0 Å². The Morgan fingerprint density at radius 2 is 1.59 bits per heavy atom. The van der Waals surface area contributed by atoms with Gasteiger partial charge in [0.15, 0.2) is 0 Å². The second kappa shape index (κ2) is 11.7.